The molecule has 0 aliphatic heterocycles. The lowest BCUT2D eigenvalue weighted by molar-refractivity contribution is 0.908. The predicted octanol–water partition coefficient (Wildman–Crippen LogP) is 4.57. The minimum Gasteiger partial charge on any atom is -0.378 e. The van der Waals surface area contributed by atoms with E-state index in [1.165, 1.54) is 4.88 Å². The first kappa shape index (κ1) is 10.5. The van der Waals surface area contributed by atoms with Gasteiger partial charge in [-0.2, -0.15) is 0 Å². The number of halogens is 1. The molecule has 1 nitrogen and oxygen atoms in total. The summed E-state index contributed by atoms with van der Waals surface area (Å²) in [5, 5.41) is 6.26. The Bertz CT molecular complexity index is 425. The molecule has 0 aliphatic rings. The molecule has 0 radical (unpaired) electrons. The van der Waals surface area contributed by atoms with Crippen LogP contribution in [0, 0.1) is 0 Å². The van der Waals surface area contributed by atoms with Crippen molar-refractivity contribution >= 4 is 28.6 Å². The van der Waals surface area contributed by atoms with Crippen LogP contribution in [0.1, 0.15) is 17.8 Å². The second-order valence-electron chi connectivity index (χ2n) is 3.39. The van der Waals surface area contributed by atoms with Crippen LogP contribution >= 0.6 is 22.9 Å². The minimum atomic E-state index is 0.323. The maximum absolute atomic E-state index is 5.92. The fourth-order valence-electron chi connectivity index (χ4n) is 1.44. The van der Waals surface area contributed by atoms with E-state index >= 15 is 0 Å². The summed E-state index contributed by atoms with van der Waals surface area (Å²) in [5.41, 5.74) is 1.06. The number of nitrogens with one attached hydrogen (secondary N) is 1. The number of thiophene rings is 1. The maximum Gasteiger partial charge on any atom is 0.0578 e. The van der Waals surface area contributed by atoms with Gasteiger partial charge >= 0.3 is 0 Å². The van der Waals surface area contributed by atoms with E-state index in [9.17, 15) is 0 Å². The van der Waals surface area contributed by atoms with Crippen LogP contribution in [0.5, 0.6) is 0 Å². The largest absolute Gasteiger partial charge is 0.378 e. The topological polar surface area (TPSA) is 12.0 Å². The first-order valence-corrected chi connectivity index (χ1v) is 6.07. The van der Waals surface area contributed by atoms with Gasteiger partial charge in [-0.15, -0.1) is 11.3 Å². The summed E-state index contributed by atoms with van der Waals surface area (Å²) in [6.45, 7) is 2.15. The second kappa shape index (κ2) is 4.69. The first-order chi connectivity index (χ1) is 7.25. The predicted molar refractivity (Wildman–Crippen MR) is 67.8 cm³/mol. The van der Waals surface area contributed by atoms with Gasteiger partial charge in [0.2, 0.25) is 0 Å². The van der Waals surface area contributed by atoms with Crippen LogP contribution in [0.4, 0.5) is 5.69 Å². The average molecular weight is 238 g/mol. The Kier molecular flexibility index (Phi) is 3.29. The molecule has 1 aromatic carbocycles. The van der Waals surface area contributed by atoms with E-state index in [1.54, 1.807) is 11.3 Å². The Morgan fingerprint density at radius 2 is 2.13 bits per heavy atom. The highest BCUT2D eigenvalue weighted by atomic mass is 35.5. The normalized spacial score (nSPS) is 12.4. The van der Waals surface area contributed by atoms with Crippen molar-refractivity contribution in [1.82, 2.24) is 0 Å². The third kappa shape index (κ3) is 2.74. The zero-order valence-electron chi connectivity index (χ0n) is 8.41. The van der Waals surface area contributed by atoms with E-state index in [2.05, 4.69) is 29.8 Å². The molecule has 3 heteroatoms. The Labute approximate surface area is 98.7 Å². The molecule has 0 amide bonds. The van der Waals surface area contributed by atoms with Crippen molar-refractivity contribution in [2.24, 2.45) is 0 Å². The molecule has 1 heterocycles. The van der Waals surface area contributed by atoms with Crippen LogP contribution in [-0.2, 0) is 0 Å². The fourth-order valence-corrected chi connectivity index (χ4v) is 2.36. The standard InChI is InChI=1S/C12H12ClNS/c1-9(12-6-3-7-15-12)14-11-5-2-4-10(13)8-11/h2-9,14H,1H3/t9-/m1/s1. The Morgan fingerprint density at radius 1 is 1.27 bits per heavy atom. The van der Waals surface area contributed by atoms with Gasteiger partial charge in [0.25, 0.3) is 0 Å². The van der Waals surface area contributed by atoms with Crippen LogP contribution in [0.25, 0.3) is 0 Å². The van der Waals surface area contributed by atoms with Gasteiger partial charge in [0.05, 0.1) is 6.04 Å². The molecule has 0 unspecified atom stereocenters. The highest BCUT2D eigenvalue weighted by Crippen LogP contribution is 2.24. The van der Waals surface area contributed by atoms with Gasteiger partial charge in [0.15, 0.2) is 0 Å². The van der Waals surface area contributed by atoms with Crippen molar-refractivity contribution in [2.75, 3.05) is 5.32 Å². The molecule has 2 aromatic rings. The van der Waals surface area contributed by atoms with Crippen LogP contribution in [0.2, 0.25) is 5.02 Å². The number of hydrogen-bond donors (Lipinski definition) is 1. The van der Waals surface area contributed by atoms with Crippen LogP contribution in [0.3, 0.4) is 0 Å². The molecule has 78 valence electrons. The smallest absolute Gasteiger partial charge is 0.0578 e. The van der Waals surface area contributed by atoms with Gasteiger partial charge in [-0.05, 0) is 36.6 Å². The second-order valence-corrected chi connectivity index (χ2v) is 4.81. The molecule has 1 aromatic heterocycles. The summed E-state index contributed by atoms with van der Waals surface area (Å²) in [7, 11) is 0. The van der Waals surface area contributed by atoms with Crippen molar-refractivity contribution in [3.63, 3.8) is 0 Å². The quantitative estimate of drug-likeness (QED) is 0.824. The summed E-state index contributed by atoms with van der Waals surface area (Å²) in [4.78, 5) is 1.33. The van der Waals surface area contributed by atoms with E-state index in [1.807, 2.05) is 24.3 Å². The average Bonchev–Trinajstić information content (AvgIpc) is 2.70. The molecule has 0 fully saturated rings. The van der Waals surface area contributed by atoms with Crippen molar-refractivity contribution in [3.05, 3.63) is 51.7 Å². The molecule has 0 spiro atoms. The number of benzene rings is 1. The van der Waals surface area contributed by atoms with Crippen molar-refractivity contribution in [2.45, 2.75) is 13.0 Å². The molecular weight excluding hydrogens is 226 g/mol. The van der Waals surface area contributed by atoms with Crippen molar-refractivity contribution < 1.29 is 0 Å². The van der Waals surface area contributed by atoms with Crippen molar-refractivity contribution in [3.8, 4) is 0 Å². The summed E-state index contributed by atoms with van der Waals surface area (Å²) >= 11 is 7.67. The van der Waals surface area contributed by atoms with Gasteiger partial charge in [-0.1, -0.05) is 23.7 Å². The molecule has 2 rings (SSSR count). The summed E-state index contributed by atoms with van der Waals surface area (Å²) in [5.74, 6) is 0. The lowest BCUT2D eigenvalue weighted by atomic mass is 10.2. The zero-order chi connectivity index (χ0) is 10.7. The number of rotatable bonds is 3. The zero-order valence-corrected chi connectivity index (χ0v) is 9.98. The van der Waals surface area contributed by atoms with Gasteiger partial charge < -0.3 is 5.32 Å². The third-order valence-corrected chi connectivity index (χ3v) is 3.47. The summed E-state index contributed by atoms with van der Waals surface area (Å²) < 4.78 is 0. The van der Waals surface area contributed by atoms with Crippen molar-refractivity contribution in [1.29, 1.82) is 0 Å². The molecule has 0 aliphatic carbocycles. The van der Waals surface area contributed by atoms with E-state index in [4.69, 9.17) is 11.6 Å². The number of anilines is 1. The van der Waals surface area contributed by atoms with Crippen LogP contribution < -0.4 is 5.32 Å². The monoisotopic (exact) mass is 237 g/mol. The van der Waals surface area contributed by atoms with E-state index < -0.39 is 0 Å². The molecule has 1 N–H and O–H groups in total. The van der Waals surface area contributed by atoms with Crippen LogP contribution in [-0.4, -0.2) is 0 Å². The maximum atomic E-state index is 5.92. The highest BCUT2D eigenvalue weighted by molar-refractivity contribution is 7.10. The van der Waals surface area contributed by atoms with Gasteiger partial charge in [-0.25, -0.2) is 0 Å². The number of hydrogen-bond acceptors (Lipinski definition) is 2. The third-order valence-electron chi connectivity index (χ3n) is 2.18. The molecule has 0 saturated carbocycles. The molecule has 15 heavy (non-hydrogen) atoms. The van der Waals surface area contributed by atoms with Gasteiger partial charge in [0.1, 0.15) is 0 Å². The molecule has 0 saturated heterocycles. The molecule has 1 atom stereocenters. The lowest BCUT2D eigenvalue weighted by Gasteiger charge is -2.13. The van der Waals surface area contributed by atoms with Gasteiger partial charge in [-0.3, -0.25) is 0 Å². The van der Waals surface area contributed by atoms with E-state index in [0.29, 0.717) is 6.04 Å². The highest BCUT2D eigenvalue weighted by Gasteiger charge is 2.05. The summed E-state index contributed by atoms with van der Waals surface area (Å²) in [6.07, 6.45) is 0. The Morgan fingerprint density at radius 3 is 2.80 bits per heavy atom. The fraction of sp³-hybridized carbons (Fsp3) is 0.167. The Balaban J connectivity index is 2.09. The van der Waals surface area contributed by atoms with Gasteiger partial charge in [0, 0.05) is 15.6 Å². The van der Waals surface area contributed by atoms with E-state index in [0.717, 1.165) is 10.7 Å². The van der Waals surface area contributed by atoms with E-state index in [-0.39, 0.29) is 0 Å². The molecule has 0 bridgehead atoms. The SMILES string of the molecule is C[C@@H](Nc1cccc(Cl)c1)c1cccs1. The lowest BCUT2D eigenvalue weighted by Crippen LogP contribution is -2.04. The first-order valence-electron chi connectivity index (χ1n) is 4.81. The minimum absolute atomic E-state index is 0.323. The Hall–Kier alpha value is -0.990. The summed E-state index contributed by atoms with van der Waals surface area (Å²) in [6, 6.07) is 12.3. The molecular formula is C12H12ClNS. The van der Waals surface area contributed by atoms with Crippen LogP contribution in [0.15, 0.2) is 41.8 Å².